The standard InChI is InChI=1S/C7H10F4/c1-3-6(10)4(8)2-5(9)7(3)11/h3-7H,2H2,1H3. The molecule has 0 heterocycles. The lowest BCUT2D eigenvalue weighted by molar-refractivity contribution is -0.0288. The lowest BCUT2D eigenvalue weighted by Crippen LogP contribution is -2.43. The van der Waals surface area contributed by atoms with Crippen LogP contribution in [-0.2, 0) is 0 Å². The van der Waals surface area contributed by atoms with E-state index in [1.54, 1.807) is 0 Å². The Morgan fingerprint density at radius 2 is 1.27 bits per heavy atom. The molecule has 0 aromatic heterocycles. The Labute approximate surface area is 62.6 Å². The zero-order chi connectivity index (χ0) is 8.59. The molecule has 0 amide bonds. The molecule has 0 aromatic rings. The summed E-state index contributed by atoms with van der Waals surface area (Å²) < 4.78 is 50.2. The van der Waals surface area contributed by atoms with Crippen LogP contribution in [-0.4, -0.2) is 24.7 Å². The molecular formula is C7H10F4. The highest BCUT2D eigenvalue weighted by molar-refractivity contribution is 4.91. The number of rotatable bonds is 0. The van der Waals surface area contributed by atoms with Crippen LogP contribution in [0.1, 0.15) is 13.3 Å². The highest BCUT2D eigenvalue weighted by Gasteiger charge is 2.43. The van der Waals surface area contributed by atoms with Crippen molar-refractivity contribution in [2.45, 2.75) is 38.0 Å². The normalized spacial score (nSPS) is 52.6. The molecule has 11 heavy (non-hydrogen) atoms. The van der Waals surface area contributed by atoms with Crippen LogP contribution in [0.3, 0.4) is 0 Å². The van der Waals surface area contributed by atoms with Gasteiger partial charge in [0, 0.05) is 12.3 Å². The van der Waals surface area contributed by atoms with Crippen LogP contribution in [0.4, 0.5) is 17.6 Å². The van der Waals surface area contributed by atoms with Crippen LogP contribution in [0.5, 0.6) is 0 Å². The average molecular weight is 170 g/mol. The Hall–Kier alpha value is -0.280. The first-order chi connectivity index (χ1) is 5.04. The molecule has 0 aliphatic heterocycles. The monoisotopic (exact) mass is 170 g/mol. The van der Waals surface area contributed by atoms with Gasteiger partial charge in [-0.05, 0) is 0 Å². The van der Waals surface area contributed by atoms with E-state index in [0.717, 1.165) is 0 Å². The number of hydrogen-bond acceptors (Lipinski definition) is 0. The van der Waals surface area contributed by atoms with E-state index < -0.39 is 37.0 Å². The van der Waals surface area contributed by atoms with Crippen LogP contribution >= 0.6 is 0 Å². The van der Waals surface area contributed by atoms with E-state index in [0.29, 0.717) is 0 Å². The van der Waals surface area contributed by atoms with Crippen molar-refractivity contribution in [3.8, 4) is 0 Å². The van der Waals surface area contributed by atoms with Crippen LogP contribution in [0.15, 0.2) is 0 Å². The van der Waals surface area contributed by atoms with E-state index in [-0.39, 0.29) is 0 Å². The summed E-state index contributed by atoms with van der Waals surface area (Å²) in [5, 5.41) is 0. The molecule has 0 saturated heterocycles. The maximum absolute atomic E-state index is 12.6. The molecule has 0 spiro atoms. The van der Waals surface area contributed by atoms with Gasteiger partial charge in [0.1, 0.15) is 24.7 Å². The highest BCUT2D eigenvalue weighted by atomic mass is 19.2. The van der Waals surface area contributed by atoms with Gasteiger partial charge >= 0.3 is 0 Å². The molecule has 4 unspecified atom stereocenters. The first kappa shape index (κ1) is 8.81. The van der Waals surface area contributed by atoms with Crippen molar-refractivity contribution in [3.05, 3.63) is 0 Å². The maximum atomic E-state index is 12.6. The molecule has 0 radical (unpaired) electrons. The van der Waals surface area contributed by atoms with Crippen LogP contribution < -0.4 is 0 Å². The van der Waals surface area contributed by atoms with Crippen molar-refractivity contribution in [2.75, 3.05) is 0 Å². The summed E-state index contributed by atoms with van der Waals surface area (Å²) in [6, 6.07) is 0. The smallest absolute Gasteiger partial charge is 0.137 e. The van der Waals surface area contributed by atoms with E-state index in [4.69, 9.17) is 0 Å². The summed E-state index contributed by atoms with van der Waals surface area (Å²) in [5.41, 5.74) is 0. The minimum Gasteiger partial charge on any atom is -0.244 e. The third-order valence-electron chi connectivity index (χ3n) is 2.15. The van der Waals surface area contributed by atoms with E-state index in [2.05, 4.69) is 0 Å². The van der Waals surface area contributed by atoms with Crippen molar-refractivity contribution >= 4 is 0 Å². The molecule has 0 nitrogen and oxygen atoms in total. The number of alkyl halides is 4. The third kappa shape index (κ3) is 1.49. The Morgan fingerprint density at radius 3 is 1.64 bits per heavy atom. The summed E-state index contributed by atoms with van der Waals surface area (Å²) >= 11 is 0. The van der Waals surface area contributed by atoms with E-state index >= 15 is 0 Å². The van der Waals surface area contributed by atoms with Crippen LogP contribution in [0.2, 0.25) is 0 Å². The van der Waals surface area contributed by atoms with Gasteiger partial charge in [0.25, 0.3) is 0 Å². The van der Waals surface area contributed by atoms with Gasteiger partial charge in [-0.2, -0.15) is 0 Å². The van der Waals surface area contributed by atoms with Gasteiger partial charge in [-0.1, -0.05) is 6.92 Å². The summed E-state index contributed by atoms with van der Waals surface area (Å²) in [5.74, 6) is -1.16. The molecule has 1 saturated carbocycles. The van der Waals surface area contributed by atoms with E-state index in [1.807, 2.05) is 0 Å². The van der Waals surface area contributed by atoms with Gasteiger partial charge in [-0.3, -0.25) is 0 Å². The molecule has 4 heteroatoms. The topological polar surface area (TPSA) is 0 Å². The second-order valence-electron chi connectivity index (χ2n) is 3.02. The molecule has 4 atom stereocenters. The maximum Gasteiger partial charge on any atom is 0.137 e. The fourth-order valence-corrected chi connectivity index (χ4v) is 1.31. The SMILES string of the molecule is CC1C(F)C(F)CC(F)C1F. The second-order valence-corrected chi connectivity index (χ2v) is 3.02. The Bertz CT molecular complexity index is 124. The minimum absolute atomic E-state index is 0.646. The molecule has 1 fully saturated rings. The Balaban J connectivity index is 2.63. The Morgan fingerprint density at radius 1 is 0.909 bits per heavy atom. The fourth-order valence-electron chi connectivity index (χ4n) is 1.31. The van der Waals surface area contributed by atoms with E-state index in [9.17, 15) is 17.6 Å². The van der Waals surface area contributed by atoms with Crippen molar-refractivity contribution in [3.63, 3.8) is 0 Å². The van der Waals surface area contributed by atoms with Gasteiger partial charge in [0.05, 0.1) is 0 Å². The summed E-state index contributed by atoms with van der Waals surface area (Å²) in [7, 11) is 0. The van der Waals surface area contributed by atoms with Crippen molar-refractivity contribution in [1.29, 1.82) is 0 Å². The molecule has 1 aliphatic rings. The zero-order valence-corrected chi connectivity index (χ0v) is 6.11. The predicted molar refractivity (Wildman–Crippen MR) is 33.4 cm³/mol. The van der Waals surface area contributed by atoms with Crippen LogP contribution in [0.25, 0.3) is 0 Å². The van der Waals surface area contributed by atoms with Crippen molar-refractivity contribution in [1.82, 2.24) is 0 Å². The predicted octanol–water partition coefficient (Wildman–Crippen LogP) is 2.38. The molecule has 1 aliphatic carbocycles. The summed E-state index contributed by atoms with van der Waals surface area (Å²) in [6.45, 7) is 1.19. The van der Waals surface area contributed by atoms with Crippen molar-refractivity contribution in [2.24, 2.45) is 5.92 Å². The first-order valence-electron chi connectivity index (χ1n) is 3.60. The van der Waals surface area contributed by atoms with Gasteiger partial charge in [-0.15, -0.1) is 0 Å². The lowest BCUT2D eigenvalue weighted by atomic mass is 9.85. The summed E-state index contributed by atoms with van der Waals surface area (Å²) in [4.78, 5) is 0. The highest BCUT2D eigenvalue weighted by Crippen LogP contribution is 2.33. The fraction of sp³-hybridized carbons (Fsp3) is 1.00. The Kier molecular flexibility index (Phi) is 2.40. The van der Waals surface area contributed by atoms with Crippen molar-refractivity contribution < 1.29 is 17.6 Å². The molecular weight excluding hydrogens is 160 g/mol. The minimum atomic E-state index is -1.85. The second kappa shape index (κ2) is 2.99. The summed E-state index contributed by atoms with van der Waals surface area (Å²) in [6.07, 6.45) is -8.03. The lowest BCUT2D eigenvalue weighted by Gasteiger charge is -2.31. The molecule has 0 aromatic carbocycles. The van der Waals surface area contributed by atoms with Gasteiger partial charge in [-0.25, -0.2) is 17.6 Å². The molecule has 0 bridgehead atoms. The largest absolute Gasteiger partial charge is 0.244 e. The zero-order valence-electron chi connectivity index (χ0n) is 6.11. The number of hydrogen-bond donors (Lipinski definition) is 0. The molecule has 0 N–H and O–H groups in total. The van der Waals surface area contributed by atoms with Gasteiger partial charge in [0.2, 0.25) is 0 Å². The number of halogens is 4. The van der Waals surface area contributed by atoms with Crippen LogP contribution in [0, 0.1) is 5.92 Å². The van der Waals surface area contributed by atoms with E-state index in [1.165, 1.54) is 6.92 Å². The third-order valence-corrected chi connectivity index (χ3v) is 2.15. The average Bonchev–Trinajstić information content (AvgIpc) is 1.97. The quantitative estimate of drug-likeness (QED) is 0.489. The first-order valence-corrected chi connectivity index (χ1v) is 3.60. The molecule has 66 valence electrons. The van der Waals surface area contributed by atoms with Gasteiger partial charge in [0.15, 0.2) is 0 Å². The van der Waals surface area contributed by atoms with Gasteiger partial charge < -0.3 is 0 Å². The molecule has 1 rings (SSSR count).